The van der Waals surface area contributed by atoms with Crippen LogP contribution in [0.2, 0.25) is 0 Å². The molecule has 0 radical (unpaired) electrons. The Morgan fingerprint density at radius 1 is 0.929 bits per heavy atom. The molecule has 28 heavy (non-hydrogen) atoms. The van der Waals surface area contributed by atoms with Crippen molar-refractivity contribution in [3.05, 3.63) is 101 Å². The van der Waals surface area contributed by atoms with Crippen molar-refractivity contribution >= 4 is 16.3 Å². The van der Waals surface area contributed by atoms with Gasteiger partial charge in [0.2, 0.25) is 0 Å². The molecule has 0 unspecified atom stereocenters. The van der Waals surface area contributed by atoms with Crippen molar-refractivity contribution < 1.29 is 0 Å². The quantitative estimate of drug-likeness (QED) is 0.349. The van der Waals surface area contributed by atoms with Gasteiger partial charge in [0.1, 0.15) is 0 Å². The van der Waals surface area contributed by atoms with Gasteiger partial charge in [0.15, 0.2) is 0 Å². The predicted octanol–water partition coefficient (Wildman–Crippen LogP) is 7.79. The number of hydrogen-bond acceptors (Lipinski definition) is 0. The van der Waals surface area contributed by atoms with E-state index < -0.39 is 0 Å². The Morgan fingerprint density at radius 2 is 1.75 bits per heavy atom. The minimum Gasteiger partial charge on any atom is -0.0949 e. The highest BCUT2D eigenvalue weighted by Gasteiger charge is 2.24. The van der Waals surface area contributed by atoms with Gasteiger partial charge in [0, 0.05) is 0 Å². The fraction of sp³-hybridized carbons (Fsp3) is 0.214. The lowest BCUT2D eigenvalue weighted by molar-refractivity contribution is 0.928. The minimum atomic E-state index is 0.942. The zero-order valence-electron chi connectivity index (χ0n) is 16.8. The molecule has 0 amide bonds. The third-order valence-electron chi connectivity index (χ3n) is 6.45. The van der Waals surface area contributed by atoms with Crippen molar-refractivity contribution in [2.45, 2.75) is 39.5 Å². The molecule has 0 aromatic heterocycles. The van der Waals surface area contributed by atoms with Crippen molar-refractivity contribution in [1.29, 1.82) is 0 Å². The van der Waals surface area contributed by atoms with Crippen LogP contribution < -0.4 is 0 Å². The maximum absolute atomic E-state index is 4.53. The fourth-order valence-electron chi connectivity index (χ4n) is 4.96. The molecule has 0 heterocycles. The number of fused-ring (bicyclic) bond motifs is 5. The van der Waals surface area contributed by atoms with E-state index >= 15 is 0 Å². The van der Waals surface area contributed by atoms with E-state index in [1.54, 1.807) is 0 Å². The van der Waals surface area contributed by atoms with Gasteiger partial charge >= 0.3 is 0 Å². The van der Waals surface area contributed by atoms with E-state index in [-0.39, 0.29) is 0 Å². The molecule has 2 aliphatic carbocycles. The lowest BCUT2D eigenvalue weighted by atomic mass is 9.87. The van der Waals surface area contributed by atoms with Crippen molar-refractivity contribution in [3.8, 4) is 11.1 Å². The second-order valence-electron chi connectivity index (χ2n) is 8.32. The Kier molecular flexibility index (Phi) is 4.09. The van der Waals surface area contributed by atoms with E-state index in [2.05, 4.69) is 81.1 Å². The maximum atomic E-state index is 4.53. The topological polar surface area (TPSA) is 0 Å². The number of rotatable bonds is 3. The van der Waals surface area contributed by atoms with Crippen LogP contribution in [0.5, 0.6) is 0 Å². The highest BCUT2D eigenvalue weighted by atomic mass is 14.3. The van der Waals surface area contributed by atoms with Crippen LogP contribution in [0.1, 0.15) is 48.4 Å². The van der Waals surface area contributed by atoms with Gasteiger partial charge in [0.25, 0.3) is 0 Å². The third kappa shape index (κ3) is 2.67. The van der Waals surface area contributed by atoms with E-state index in [0.29, 0.717) is 0 Å². The van der Waals surface area contributed by atoms with Gasteiger partial charge in [-0.25, -0.2) is 0 Å². The summed E-state index contributed by atoms with van der Waals surface area (Å²) in [5, 5.41) is 2.70. The molecule has 5 rings (SSSR count). The van der Waals surface area contributed by atoms with Gasteiger partial charge in [-0.2, -0.15) is 0 Å². The zero-order chi connectivity index (χ0) is 19.3. The van der Waals surface area contributed by atoms with Gasteiger partial charge in [-0.1, -0.05) is 66.8 Å². The molecule has 0 nitrogen and oxygen atoms in total. The van der Waals surface area contributed by atoms with Gasteiger partial charge in [0.05, 0.1) is 0 Å². The molecule has 3 aromatic carbocycles. The average molecular weight is 363 g/mol. The molecule has 0 spiro atoms. The summed E-state index contributed by atoms with van der Waals surface area (Å²) in [6.45, 7) is 9.03. The van der Waals surface area contributed by atoms with E-state index in [9.17, 15) is 0 Å². The molecule has 0 saturated heterocycles. The molecule has 0 atom stereocenters. The molecular formula is C28H26. The van der Waals surface area contributed by atoms with Crippen LogP contribution in [-0.4, -0.2) is 0 Å². The maximum Gasteiger partial charge on any atom is -0.00129 e. The van der Waals surface area contributed by atoms with Crippen LogP contribution in [-0.2, 0) is 6.42 Å². The number of allylic oxidation sites excluding steroid dienone is 5. The highest BCUT2D eigenvalue weighted by Crippen LogP contribution is 2.45. The highest BCUT2D eigenvalue weighted by molar-refractivity contribution is 6.06. The first kappa shape index (κ1) is 17.3. The summed E-state index contributed by atoms with van der Waals surface area (Å²) < 4.78 is 0. The lowest BCUT2D eigenvalue weighted by Crippen LogP contribution is -1.96. The second-order valence-corrected chi connectivity index (χ2v) is 8.32. The summed E-state index contributed by atoms with van der Waals surface area (Å²) in [7, 11) is 0. The van der Waals surface area contributed by atoms with Gasteiger partial charge < -0.3 is 0 Å². The first-order valence-corrected chi connectivity index (χ1v) is 10.3. The Hall–Kier alpha value is -2.86. The van der Waals surface area contributed by atoms with E-state index in [0.717, 1.165) is 12.8 Å². The summed E-state index contributed by atoms with van der Waals surface area (Å²) in [6, 6.07) is 18.0. The van der Waals surface area contributed by atoms with Gasteiger partial charge in [-0.05, 0) is 101 Å². The number of hydrogen-bond donors (Lipinski definition) is 0. The Labute approximate surface area is 167 Å². The molecule has 138 valence electrons. The summed E-state index contributed by atoms with van der Waals surface area (Å²) >= 11 is 0. The van der Waals surface area contributed by atoms with Gasteiger partial charge in [-0.15, -0.1) is 0 Å². The smallest absolute Gasteiger partial charge is 0.00129 e. The van der Waals surface area contributed by atoms with Crippen molar-refractivity contribution in [2.75, 3.05) is 0 Å². The normalized spacial score (nSPS) is 15.1. The first-order valence-electron chi connectivity index (χ1n) is 10.3. The van der Waals surface area contributed by atoms with Crippen molar-refractivity contribution in [3.63, 3.8) is 0 Å². The van der Waals surface area contributed by atoms with E-state index in [1.165, 1.54) is 73.7 Å². The summed E-state index contributed by atoms with van der Waals surface area (Å²) in [6.07, 6.45) is 8.92. The van der Waals surface area contributed by atoms with E-state index in [4.69, 9.17) is 0 Å². The van der Waals surface area contributed by atoms with Crippen LogP contribution in [0, 0.1) is 6.92 Å². The van der Waals surface area contributed by atoms with Gasteiger partial charge in [-0.3, -0.25) is 0 Å². The fourth-order valence-corrected chi connectivity index (χ4v) is 4.96. The monoisotopic (exact) mass is 362 g/mol. The molecule has 0 saturated carbocycles. The average Bonchev–Trinajstić information content (AvgIpc) is 3.09. The Balaban J connectivity index is 1.67. The molecular weight excluding hydrogens is 336 g/mol. The number of aryl methyl sites for hydroxylation is 1. The predicted molar refractivity (Wildman–Crippen MR) is 122 cm³/mol. The Bertz CT molecular complexity index is 1180. The standard InChI is InChI=1S/C28H26/c1-18-9-4-5-11-21(18)15-20(3)26-17-23-16-22-12-8-10-19(2)27(22)28(23)25-14-7-6-13-24(25)26/h5-8,10-14,17H,3-4,9,15-16H2,1-2H3. The van der Waals surface area contributed by atoms with Crippen LogP contribution in [0.3, 0.4) is 0 Å². The lowest BCUT2D eigenvalue weighted by Gasteiger charge is -2.18. The SMILES string of the molecule is C=C(CC1=C(C)CCC=C1)c1cc2c(c3ccccc13)-c1c(C)cccc1C2. The van der Waals surface area contributed by atoms with Crippen LogP contribution in [0.4, 0.5) is 0 Å². The van der Waals surface area contributed by atoms with E-state index in [1.807, 2.05) is 0 Å². The van der Waals surface area contributed by atoms with Crippen LogP contribution in [0.15, 0.2) is 78.4 Å². The zero-order valence-corrected chi connectivity index (χ0v) is 16.8. The van der Waals surface area contributed by atoms with Crippen molar-refractivity contribution in [1.82, 2.24) is 0 Å². The third-order valence-corrected chi connectivity index (χ3v) is 6.45. The summed E-state index contributed by atoms with van der Waals surface area (Å²) in [5.74, 6) is 0. The largest absolute Gasteiger partial charge is 0.0949 e. The molecule has 3 aromatic rings. The van der Waals surface area contributed by atoms with Crippen LogP contribution in [0.25, 0.3) is 27.5 Å². The molecule has 0 N–H and O–H groups in total. The molecule has 0 fully saturated rings. The molecule has 2 aliphatic rings. The molecule has 0 heteroatoms. The molecule has 0 aliphatic heterocycles. The minimum absolute atomic E-state index is 0.942. The number of benzene rings is 3. The Morgan fingerprint density at radius 3 is 2.57 bits per heavy atom. The van der Waals surface area contributed by atoms with Crippen molar-refractivity contribution in [2.24, 2.45) is 0 Å². The van der Waals surface area contributed by atoms with Crippen LogP contribution >= 0.6 is 0 Å². The summed E-state index contributed by atoms with van der Waals surface area (Å²) in [5.41, 5.74) is 12.7. The second kappa shape index (κ2) is 6.63. The first-order chi connectivity index (χ1) is 13.6. The molecule has 0 bridgehead atoms. The summed E-state index contributed by atoms with van der Waals surface area (Å²) in [4.78, 5) is 0.